The molecule has 0 aromatic heterocycles. The second kappa shape index (κ2) is 8.96. The first kappa shape index (κ1) is 17.0. The van der Waals surface area contributed by atoms with E-state index in [-0.39, 0.29) is 5.91 Å². The van der Waals surface area contributed by atoms with Gasteiger partial charge >= 0.3 is 0 Å². The summed E-state index contributed by atoms with van der Waals surface area (Å²) in [5.74, 6) is 0.729. The van der Waals surface area contributed by atoms with Crippen LogP contribution in [0.1, 0.15) is 17.5 Å². The Balaban J connectivity index is 1.61. The Hall–Kier alpha value is -2.33. The van der Waals surface area contributed by atoms with E-state index in [4.69, 9.17) is 10.5 Å². The molecule has 0 heterocycles. The second-order valence-electron chi connectivity index (χ2n) is 5.60. The van der Waals surface area contributed by atoms with Gasteiger partial charge in [-0.2, -0.15) is 0 Å². The predicted molar refractivity (Wildman–Crippen MR) is 92.4 cm³/mol. The molecule has 122 valence electrons. The lowest BCUT2D eigenvalue weighted by Crippen LogP contribution is -2.42. The average Bonchev–Trinajstić information content (AvgIpc) is 2.57. The molecule has 0 saturated heterocycles. The molecule has 2 rings (SSSR count). The van der Waals surface area contributed by atoms with Crippen LogP contribution in [0.5, 0.6) is 5.75 Å². The van der Waals surface area contributed by atoms with E-state index in [9.17, 15) is 4.79 Å². The number of hydrogen-bond acceptors (Lipinski definition) is 3. The van der Waals surface area contributed by atoms with Crippen molar-refractivity contribution in [2.24, 2.45) is 5.73 Å². The van der Waals surface area contributed by atoms with Gasteiger partial charge in [-0.15, -0.1) is 0 Å². The number of carbonyl (C=O) groups excluding carboxylic acids is 1. The van der Waals surface area contributed by atoms with Gasteiger partial charge in [-0.05, 0) is 37.5 Å². The lowest BCUT2D eigenvalue weighted by atomic mass is 10.1. The highest BCUT2D eigenvalue weighted by molar-refractivity contribution is 5.81. The van der Waals surface area contributed by atoms with E-state index in [1.807, 2.05) is 61.5 Å². The van der Waals surface area contributed by atoms with Crippen molar-refractivity contribution < 1.29 is 9.53 Å². The van der Waals surface area contributed by atoms with Crippen LogP contribution in [0.4, 0.5) is 0 Å². The Morgan fingerprint density at radius 1 is 1.13 bits per heavy atom. The van der Waals surface area contributed by atoms with E-state index in [0.717, 1.165) is 17.7 Å². The number of nitrogens with two attached hydrogens (primary N) is 1. The summed E-state index contributed by atoms with van der Waals surface area (Å²) >= 11 is 0. The number of aryl methyl sites for hydroxylation is 1. The minimum absolute atomic E-state index is 0.121. The quantitative estimate of drug-likeness (QED) is 0.736. The summed E-state index contributed by atoms with van der Waals surface area (Å²) in [5, 5.41) is 2.85. The molecule has 0 radical (unpaired) electrons. The summed E-state index contributed by atoms with van der Waals surface area (Å²) in [7, 11) is 0. The minimum Gasteiger partial charge on any atom is -0.494 e. The van der Waals surface area contributed by atoms with Crippen LogP contribution in [0, 0.1) is 6.92 Å². The van der Waals surface area contributed by atoms with Gasteiger partial charge in [0.15, 0.2) is 0 Å². The molecule has 0 saturated carbocycles. The Labute approximate surface area is 137 Å². The highest BCUT2D eigenvalue weighted by Gasteiger charge is 2.13. The van der Waals surface area contributed by atoms with Gasteiger partial charge < -0.3 is 15.8 Å². The number of ether oxygens (including phenoxy) is 1. The highest BCUT2D eigenvalue weighted by atomic mass is 16.5. The Kier molecular flexibility index (Phi) is 6.63. The average molecular weight is 312 g/mol. The molecule has 0 unspecified atom stereocenters. The van der Waals surface area contributed by atoms with Crippen LogP contribution in [-0.2, 0) is 11.2 Å². The molecule has 4 heteroatoms. The third-order valence-corrected chi connectivity index (χ3v) is 3.55. The van der Waals surface area contributed by atoms with Gasteiger partial charge in [-0.3, -0.25) is 4.79 Å². The van der Waals surface area contributed by atoms with Gasteiger partial charge in [0.2, 0.25) is 5.91 Å². The standard InChI is InChI=1S/C19H24N2O2/c1-15-8-10-17(11-9-15)23-13-5-12-21-19(22)18(20)14-16-6-3-2-4-7-16/h2-4,6-11,18H,5,12-14,20H2,1H3,(H,21,22)/t18-/m0/s1. The van der Waals surface area contributed by atoms with E-state index in [1.54, 1.807) is 0 Å². The van der Waals surface area contributed by atoms with Gasteiger partial charge in [0.25, 0.3) is 0 Å². The van der Waals surface area contributed by atoms with Crippen molar-refractivity contribution >= 4 is 5.91 Å². The second-order valence-corrected chi connectivity index (χ2v) is 5.60. The van der Waals surface area contributed by atoms with Crippen LogP contribution in [0.3, 0.4) is 0 Å². The number of rotatable bonds is 8. The van der Waals surface area contributed by atoms with E-state index >= 15 is 0 Å². The molecule has 0 aliphatic heterocycles. The molecular formula is C19H24N2O2. The summed E-state index contributed by atoms with van der Waals surface area (Å²) in [6, 6.07) is 17.2. The van der Waals surface area contributed by atoms with Gasteiger partial charge in [0.1, 0.15) is 5.75 Å². The topological polar surface area (TPSA) is 64.3 Å². The minimum atomic E-state index is -0.518. The zero-order chi connectivity index (χ0) is 16.5. The first-order valence-corrected chi connectivity index (χ1v) is 7.92. The van der Waals surface area contributed by atoms with Crippen molar-refractivity contribution in [2.45, 2.75) is 25.8 Å². The summed E-state index contributed by atoms with van der Waals surface area (Å²) in [5.41, 5.74) is 8.20. The SMILES string of the molecule is Cc1ccc(OCCCNC(=O)[C@@H](N)Cc2ccccc2)cc1. The van der Waals surface area contributed by atoms with E-state index < -0.39 is 6.04 Å². The fraction of sp³-hybridized carbons (Fsp3) is 0.316. The van der Waals surface area contributed by atoms with Crippen LogP contribution in [-0.4, -0.2) is 25.1 Å². The molecule has 2 aromatic rings. The Bertz CT molecular complexity index is 597. The number of benzene rings is 2. The number of carbonyl (C=O) groups is 1. The first-order chi connectivity index (χ1) is 11.1. The summed E-state index contributed by atoms with van der Waals surface area (Å²) in [6.07, 6.45) is 1.30. The lowest BCUT2D eigenvalue weighted by Gasteiger charge is -2.12. The fourth-order valence-corrected chi connectivity index (χ4v) is 2.20. The number of amides is 1. The van der Waals surface area contributed by atoms with Crippen LogP contribution in [0.15, 0.2) is 54.6 Å². The third-order valence-electron chi connectivity index (χ3n) is 3.55. The molecule has 2 aromatic carbocycles. The van der Waals surface area contributed by atoms with Crippen molar-refractivity contribution in [3.05, 3.63) is 65.7 Å². The summed E-state index contributed by atoms with van der Waals surface area (Å²) in [6.45, 7) is 3.17. The summed E-state index contributed by atoms with van der Waals surface area (Å²) < 4.78 is 5.62. The zero-order valence-electron chi connectivity index (χ0n) is 13.5. The molecule has 0 aliphatic carbocycles. The number of nitrogens with one attached hydrogen (secondary N) is 1. The molecule has 0 aliphatic rings. The van der Waals surface area contributed by atoms with Crippen molar-refractivity contribution in [3.8, 4) is 5.75 Å². The molecule has 3 N–H and O–H groups in total. The fourth-order valence-electron chi connectivity index (χ4n) is 2.20. The van der Waals surface area contributed by atoms with Crippen molar-refractivity contribution in [2.75, 3.05) is 13.2 Å². The highest BCUT2D eigenvalue weighted by Crippen LogP contribution is 2.11. The molecule has 0 bridgehead atoms. The number of hydrogen-bond donors (Lipinski definition) is 2. The largest absolute Gasteiger partial charge is 0.494 e. The normalized spacial score (nSPS) is 11.7. The maximum Gasteiger partial charge on any atom is 0.237 e. The van der Waals surface area contributed by atoms with E-state index in [0.29, 0.717) is 19.6 Å². The van der Waals surface area contributed by atoms with E-state index in [1.165, 1.54) is 5.56 Å². The van der Waals surface area contributed by atoms with Crippen LogP contribution in [0.25, 0.3) is 0 Å². The predicted octanol–water partition coefficient (Wildman–Crippen LogP) is 2.45. The first-order valence-electron chi connectivity index (χ1n) is 7.92. The van der Waals surface area contributed by atoms with Crippen LogP contribution >= 0.6 is 0 Å². The zero-order valence-corrected chi connectivity index (χ0v) is 13.5. The van der Waals surface area contributed by atoms with Gasteiger partial charge in [-0.1, -0.05) is 48.0 Å². The molecule has 4 nitrogen and oxygen atoms in total. The Morgan fingerprint density at radius 2 is 1.83 bits per heavy atom. The molecule has 1 atom stereocenters. The van der Waals surface area contributed by atoms with Gasteiger partial charge in [0, 0.05) is 6.54 Å². The van der Waals surface area contributed by atoms with Gasteiger partial charge in [-0.25, -0.2) is 0 Å². The van der Waals surface area contributed by atoms with Crippen LogP contribution < -0.4 is 15.8 Å². The lowest BCUT2D eigenvalue weighted by molar-refractivity contribution is -0.122. The maximum absolute atomic E-state index is 11.9. The monoisotopic (exact) mass is 312 g/mol. The molecule has 0 fully saturated rings. The molecule has 0 spiro atoms. The van der Waals surface area contributed by atoms with Crippen molar-refractivity contribution in [1.29, 1.82) is 0 Å². The van der Waals surface area contributed by atoms with Crippen molar-refractivity contribution in [3.63, 3.8) is 0 Å². The smallest absolute Gasteiger partial charge is 0.237 e. The summed E-state index contributed by atoms with van der Waals surface area (Å²) in [4.78, 5) is 11.9. The van der Waals surface area contributed by atoms with Gasteiger partial charge in [0.05, 0.1) is 12.6 Å². The van der Waals surface area contributed by atoms with E-state index in [2.05, 4.69) is 5.32 Å². The maximum atomic E-state index is 11.9. The Morgan fingerprint density at radius 3 is 2.52 bits per heavy atom. The molecule has 1 amide bonds. The molecule has 23 heavy (non-hydrogen) atoms. The van der Waals surface area contributed by atoms with Crippen LogP contribution in [0.2, 0.25) is 0 Å². The van der Waals surface area contributed by atoms with Crippen molar-refractivity contribution in [1.82, 2.24) is 5.32 Å². The third kappa shape index (κ3) is 6.12. The molecular weight excluding hydrogens is 288 g/mol.